The minimum atomic E-state index is -3.69. The van der Waals surface area contributed by atoms with Crippen molar-refractivity contribution in [3.63, 3.8) is 0 Å². The van der Waals surface area contributed by atoms with E-state index in [0.717, 1.165) is 18.4 Å². The Morgan fingerprint density at radius 2 is 1.93 bits per heavy atom. The first-order valence-electron chi connectivity index (χ1n) is 9.51. The van der Waals surface area contributed by atoms with Crippen LogP contribution in [0.3, 0.4) is 0 Å². The molecule has 30 heavy (non-hydrogen) atoms. The molecular formula is C21H17F2N5O2. The highest BCUT2D eigenvalue weighted by Crippen LogP contribution is 2.33. The first-order chi connectivity index (χ1) is 14.6. The molecule has 152 valence electrons. The number of rotatable bonds is 7. The van der Waals surface area contributed by atoms with Gasteiger partial charge >= 0.3 is 6.29 Å². The number of fused-ring (bicyclic) bond motifs is 1. The molecule has 9 heteroatoms. The molecule has 7 nitrogen and oxygen atoms in total. The summed E-state index contributed by atoms with van der Waals surface area (Å²) in [5.41, 5.74) is 2.01. The summed E-state index contributed by atoms with van der Waals surface area (Å²) in [6, 6.07) is 11.7. The lowest BCUT2D eigenvalue weighted by atomic mass is 10.1. The minimum absolute atomic E-state index is 0.00621. The van der Waals surface area contributed by atoms with E-state index < -0.39 is 6.29 Å². The summed E-state index contributed by atoms with van der Waals surface area (Å²) in [5.74, 6) is 1.05. The van der Waals surface area contributed by atoms with Crippen LogP contribution in [0.2, 0.25) is 0 Å². The number of aromatic nitrogens is 5. The molecule has 0 N–H and O–H groups in total. The highest BCUT2D eigenvalue weighted by Gasteiger charge is 2.36. The van der Waals surface area contributed by atoms with Crippen molar-refractivity contribution in [2.75, 3.05) is 6.61 Å². The lowest BCUT2D eigenvalue weighted by molar-refractivity contribution is -0.354. The Kier molecular flexibility index (Phi) is 4.59. The highest BCUT2D eigenvalue weighted by atomic mass is 19.3. The largest absolute Gasteiger partial charge is 0.535 e. The second-order valence-electron chi connectivity index (χ2n) is 7.07. The smallest absolute Gasteiger partial charge is 0.409 e. The molecule has 0 bridgehead atoms. The lowest BCUT2D eigenvalue weighted by Crippen LogP contribution is -2.29. The fraction of sp³-hybridized carbons (Fsp3) is 0.238. The van der Waals surface area contributed by atoms with Gasteiger partial charge in [-0.1, -0.05) is 12.1 Å². The van der Waals surface area contributed by atoms with E-state index in [4.69, 9.17) is 4.74 Å². The molecule has 5 rings (SSSR count). The number of halogens is 2. The van der Waals surface area contributed by atoms with Crippen LogP contribution in [0.25, 0.3) is 28.4 Å². The number of alkyl halides is 2. The summed E-state index contributed by atoms with van der Waals surface area (Å²) in [6.45, 7) is -0.00621. The summed E-state index contributed by atoms with van der Waals surface area (Å²) in [7, 11) is 0. The van der Waals surface area contributed by atoms with E-state index in [2.05, 4.69) is 24.8 Å². The molecular weight excluding hydrogens is 392 g/mol. The predicted octanol–water partition coefficient (Wildman–Crippen LogP) is 4.21. The van der Waals surface area contributed by atoms with Gasteiger partial charge in [0, 0.05) is 29.7 Å². The third-order valence-corrected chi connectivity index (χ3v) is 4.71. The fourth-order valence-electron chi connectivity index (χ4n) is 3.01. The van der Waals surface area contributed by atoms with E-state index in [1.165, 1.54) is 12.1 Å². The molecule has 1 saturated carbocycles. The number of pyridine rings is 1. The SMILES string of the molecule is FC(F)(OCC1CC1)Oc1cccc(-c2ccnc3nc(-c4cccnc4)nn23)c1. The van der Waals surface area contributed by atoms with Crippen molar-refractivity contribution in [3.8, 4) is 28.4 Å². The van der Waals surface area contributed by atoms with Crippen LogP contribution in [0.5, 0.6) is 5.75 Å². The zero-order valence-electron chi connectivity index (χ0n) is 15.8. The van der Waals surface area contributed by atoms with Gasteiger partial charge in [0.2, 0.25) is 0 Å². The number of ether oxygens (including phenoxy) is 2. The van der Waals surface area contributed by atoms with Gasteiger partial charge in [0.25, 0.3) is 5.78 Å². The van der Waals surface area contributed by atoms with Crippen LogP contribution < -0.4 is 4.74 Å². The molecule has 3 heterocycles. The van der Waals surface area contributed by atoms with Gasteiger partial charge in [0.05, 0.1) is 12.3 Å². The Labute approximate surface area is 170 Å². The molecule has 0 atom stereocenters. The molecule has 1 fully saturated rings. The molecule has 4 aromatic rings. The van der Waals surface area contributed by atoms with Crippen LogP contribution >= 0.6 is 0 Å². The molecule has 1 aliphatic rings. The maximum Gasteiger partial charge on any atom is 0.535 e. The van der Waals surface area contributed by atoms with Crippen LogP contribution in [0.1, 0.15) is 12.8 Å². The van der Waals surface area contributed by atoms with Gasteiger partial charge in [-0.15, -0.1) is 13.9 Å². The maximum absolute atomic E-state index is 14.0. The molecule has 0 spiro atoms. The van der Waals surface area contributed by atoms with Crippen molar-refractivity contribution in [1.82, 2.24) is 24.6 Å². The molecule has 0 aliphatic heterocycles. The Morgan fingerprint density at radius 1 is 1.07 bits per heavy atom. The first-order valence-corrected chi connectivity index (χ1v) is 9.51. The molecule has 0 unspecified atom stereocenters. The van der Waals surface area contributed by atoms with Gasteiger partial charge in [-0.2, -0.15) is 9.50 Å². The zero-order chi connectivity index (χ0) is 20.6. The van der Waals surface area contributed by atoms with E-state index >= 15 is 0 Å². The Bertz CT molecular complexity index is 1180. The summed E-state index contributed by atoms with van der Waals surface area (Å²) in [5, 5.41) is 4.51. The fourth-order valence-corrected chi connectivity index (χ4v) is 3.01. The molecule has 3 aromatic heterocycles. The van der Waals surface area contributed by atoms with Gasteiger partial charge in [0.1, 0.15) is 5.75 Å². The van der Waals surface area contributed by atoms with Crippen molar-refractivity contribution < 1.29 is 18.3 Å². The second-order valence-corrected chi connectivity index (χ2v) is 7.07. The normalized spacial score (nSPS) is 14.2. The van der Waals surface area contributed by atoms with Gasteiger partial charge in [-0.3, -0.25) is 9.72 Å². The van der Waals surface area contributed by atoms with Crippen molar-refractivity contribution in [2.45, 2.75) is 19.1 Å². The number of hydrogen-bond donors (Lipinski definition) is 0. The van der Waals surface area contributed by atoms with E-state index in [1.54, 1.807) is 47.4 Å². The average molecular weight is 409 g/mol. The van der Waals surface area contributed by atoms with E-state index in [1.807, 2.05) is 6.07 Å². The summed E-state index contributed by atoms with van der Waals surface area (Å²) in [4.78, 5) is 12.7. The van der Waals surface area contributed by atoms with Crippen molar-refractivity contribution >= 4 is 5.78 Å². The van der Waals surface area contributed by atoms with Gasteiger partial charge in [0.15, 0.2) is 5.82 Å². The molecule has 1 aliphatic carbocycles. The zero-order valence-corrected chi connectivity index (χ0v) is 15.8. The summed E-state index contributed by atoms with van der Waals surface area (Å²) >= 11 is 0. The van der Waals surface area contributed by atoms with Crippen LogP contribution in [-0.2, 0) is 4.74 Å². The van der Waals surface area contributed by atoms with Gasteiger partial charge in [-0.05, 0) is 49.1 Å². The third kappa shape index (κ3) is 3.97. The summed E-state index contributed by atoms with van der Waals surface area (Å²) < 4.78 is 39.0. The molecule has 0 amide bonds. The lowest BCUT2D eigenvalue weighted by Gasteiger charge is -2.17. The van der Waals surface area contributed by atoms with E-state index in [0.29, 0.717) is 22.9 Å². The van der Waals surface area contributed by atoms with E-state index in [9.17, 15) is 8.78 Å². The van der Waals surface area contributed by atoms with Gasteiger partial charge in [-0.25, -0.2) is 4.98 Å². The predicted molar refractivity (Wildman–Crippen MR) is 104 cm³/mol. The minimum Gasteiger partial charge on any atom is -0.409 e. The Balaban J connectivity index is 1.45. The number of benzene rings is 1. The monoisotopic (exact) mass is 409 g/mol. The first kappa shape index (κ1) is 18.6. The third-order valence-electron chi connectivity index (χ3n) is 4.71. The molecule has 1 aromatic carbocycles. The number of hydrogen-bond acceptors (Lipinski definition) is 6. The summed E-state index contributed by atoms with van der Waals surface area (Å²) in [6.07, 6.45) is 3.07. The quantitative estimate of drug-likeness (QED) is 0.426. The highest BCUT2D eigenvalue weighted by molar-refractivity contribution is 5.64. The topological polar surface area (TPSA) is 74.4 Å². The van der Waals surface area contributed by atoms with Crippen LogP contribution in [0.4, 0.5) is 8.78 Å². The molecule has 0 radical (unpaired) electrons. The van der Waals surface area contributed by atoms with Gasteiger partial charge < -0.3 is 4.74 Å². The molecule has 0 saturated heterocycles. The Morgan fingerprint density at radius 3 is 2.73 bits per heavy atom. The van der Waals surface area contributed by atoms with E-state index in [-0.39, 0.29) is 18.3 Å². The van der Waals surface area contributed by atoms with Crippen LogP contribution in [0, 0.1) is 5.92 Å². The Hall–Kier alpha value is -3.46. The average Bonchev–Trinajstić information content (AvgIpc) is 3.49. The van der Waals surface area contributed by atoms with Crippen molar-refractivity contribution in [2.24, 2.45) is 5.92 Å². The van der Waals surface area contributed by atoms with Crippen molar-refractivity contribution in [3.05, 3.63) is 61.1 Å². The standard InChI is InChI=1S/C21H17F2N5O2/c22-21(23,29-13-14-6-7-14)30-17-5-1-3-15(11-17)18-8-10-25-20-26-19(27-28(18)20)16-4-2-9-24-12-16/h1-5,8-12,14H,6-7,13H2. The van der Waals surface area contributed by atoms with Crippen LogP contribution in [-0.4, -0.2) is 37.5 Å². The van der Waals surface area contributed by atoms with Crippen molar-refractivity contribution in [1.29, 1.82) is 0 Å². The second kappa shape index (κ2) is 7.42. The number of nitrogens with zero attached hydrogens (tertiary/aromatic N) is 5. The maximum atomic E-state index is 14.0. The van der Waals surface area contributed by atoms with Crippen LogP contribution in [0.15, 0.2) is 61.1 Å².